The Hall–Kier alpha value is -2.81. The fraction of sp³-hybridized carbons (Fsp3) is 0.536. The van der Waals surface area contributed by atoms with Crippen LogP contribution in [0.1, 0.15) is 36.4 Å². The minimum Gasteiger partial charge on any atom is -0.493 e. The van der Waals surface area contributed by atoms with Gasteiger partial charge in [-0.3, -0.25) is 14.6 Å². The Balaban J connectivity index is 1.48. The highest BCUT2D eigenvalue weighted by molar-refractivity contribution is 5.74. The number of morpholine rings is 1. The molecule has 2 fully saturated rings. The van der Waals surface area contributed by atoms with Gasteiger partial charge in [-0.1, -0.05) is 18.2 Å². The molecule has 196 valence electrons. The average Bonchev–Trinajstić information content (AvgIpc) is 3.40. The molecular formula is C28H38N2O6. The Morgan fingerprint density at radius 1 is 1.08 bits per heavy atom. The molecule has 1 N–H and O–H groups in total. The maximum Gasteiger partial charge on any atom is 0.320 e. The molecule has 4 rings (SSSR count). The smallest absolute Gasteiger partial charge is 0.320 e. The predicted molar refractivity (Wildman–Crippen MR) is 137 cm³/mol. The molecule has 2 aliphatic rings. The van der Waals surface area contributed by atoms with Crippen LogP contribution in [0.15, 0.2) is 42.5 Å². The zero-order chi connectivity index (χ0) is 25.3. The number of ether oxygens (including phenoxy) is 4. The highest BCUT2D eigenvalue weighted by Gasteiger charge is 2.36. The molecule has 0 bridgehead atoms. The monoisotopic (exact) mass is 498 g/mol. The summed E-state index contributed by atoms with van der Waals surface area (Å²) in [6.45, 7) is 5.68. The lowest BCUT2D eigenvalue weighted by atomic mass is 9.96. The van der Waals surface area contributed by atoms with E-state index in [0.717, 1.165) is 75.5 Å². The molecule has 2 aliphatic heterocycles. The molecule has 0 spiro atoms. The number of benzene rings is 2. The van der Waals surface area contributed by atoms with Gasteiger partial charge in [0.05, 0.1) is 27.4 Å². The second kappa shape index (κ2) is 12.9. The molecule has 0 aromatic heterocycles. The maximum atomic E-state index is 12.0. The minimum absolute atomic E-state index is 0.0236. The molecule has 8 nitrogen and oxygen atoms in total. The summed E-state index contributed by atoms with van der Waals surface area (Å²) in [7, 11) is 3.26. The molecule has 2 unspecified atom stereocenters. The lowest BCUT2D eigenvalue weighted by Gasteiger charge is -2.32. The second-order valence-electron chi connectivity index (χ2n) is 9.35. The summed E-state index contributed by atoms with van der Waals surface area (Å²) in [6.07, 6.45) is 3.14. The van der Waals surface area contributed by atoms with Crippen molar-refractivity contribution in [1.82, 2.24) is 9.80 Å². The van der Waals surface area contributed by atoms with Crippen LogP contribution in [0.3, 0.4) is 0 Å². The molecule has 8 heteroatoms. The van der Waals surface area contributed by atoms with Crippen molar-refractivity contribution in [3.8, 4) is 17.2 Å². The van der Waals surface area contributed by atoms with Crippen molar-refractivity contribution in [2.24, 2.45) is 0 Å². The summed E-state index contributed by atoms with van der Waals surface area (Å²) in [5.74, 6) is 1.47. The highest BCUT2D eigenvalue weighted by Crippen LogP contribution is 2.35. The van der Waals surface area contributed by atoms with Gasteiger partial charge in [0.25, 0.3) is 0 Å². The van der Waals surface area contributed by atoms with E-state index in [4.69, 9.17) is 18.9 Å². The van der Waals surface area contributed by atoms with E-state index in [-0.39, 0.29) is 6.04 Å². The van der Waals surface area contributed by atoms with E-state index in [2.05, 4.69) is 21.9 Å². The Kier molecular flexibility index (Phi) is 9.44. The standard InChI is InChI=1S/C28H38N2O6/c1-33-26-11-9-21(19-27(26)34-2)8-10-24(30-12-4-7-25(30)28(31)32)22-5-3-6-23(20-22)36-18-15-29-13-16-35-17-14-29/h3,5-6,9,11,19-20,24-25H,4,7-8,10,12-18H2,1-2H3,(H,31,32). The Bertz CT molecular complexity index is 994. The van der Waals surface area contributed by atoms with Gasteiger partial charge in [0.1, 0.15) is 18.4 Å². The molecule has 2 aromatic carbocycles. The maximum absolute atomic E-state index is 12.0. The van der Waals surface area contributed by atoms with Gasteiger partial charge in [0.2, 0.25) is 0 Å². The largest absolute Gasteiger partial charge is 0.493 e. The fourth-order valence-corrected chi connectivity index (χ4v) is 5.22. The quantitative estimate of drug-likeness (QED) is 0.475. The van der Waals surface area contributed by atoms with E-state index in [1.807, 2.05) is 30.3 Å². The summed E-state index contributed by atoms with van der Waals surface area (Å²) in [4.78, 5) is 16.5. The summed E-state index contributed by atoms with van der Waals surface area (Å²) in [5.41, 5.74) is 2.22. The Morgan fingerprint density at radius 3 is 2.64 bits per heavy atom. The van der Waals surface area contributed by atoms with Gasteiger partial charge in [0.15, 0.2) is 11.5 Å². The third-order valence-electron chi connectivity index (χ3n) is 7.16. The van der Waals surface area contributed by atoms with Crippen LogP contribution in [0.2, 0.25) is 0 Å². The highest BCUT2D eigenvalue weighted by atomic mass is 16.5. The first-order chi connectivity index (χ1) is 17.6. The number of carboxylic acids is 1. The number of carboxylic acid groups (broad SMARTS) is 1. The lowest BCUT2D eigenvalue weighted by Crippen LogP contribution is -2.39. The van der Waals surface area contributed by atoms with Gasteiger partial charge in [-0.25, -0.2) is 0 Å². The predicted octanol–water partition coefficient (Wildman–Crippen LogP) is 3.64. The number of aryl methyl sites for hydroxylation is 1. The van der Waals surface area contributed by atoms with Crippen LogP contribution in [0.5, 0.6) is 17.2 Å². The van der Waals surface area contributed by atoms with Gasteiger partial charge in [-0.15, -0.1) is 0 Å². The first-order valence-corrected chi connectivity index (χ1v) is 12.8. The molecule has 2 aromatic rings. The van der Waals surface area contributed by atoms with E-state index in [1.165, 1.54) is 0 Å². The average molecular weight is 499 g/mol. The van der Waals surface area contributed by atoms with E-state index in [0.29, 0.717) is 24.5 Å². The van der Waals surface area contributed by atoms with E-state index in [1.54, 1.807) is 14.2 Å². The number of carbonyl (C=O) groups is 1. The summed E-state index contributed by atoms with van der Waals surface area (Å²) in [6, 6.07) is 13.6. The summed E-state index contributed by atoms with van der Waals surface area (Å²) < 4.78 is 22.4. The van der Waals surface area contributed by atoms with Crippen molar-refractivity contribution in [3.05, 3.63) is 53.6 Å². The lowest BCUT2D eigenvalue weighted by molar-refractivity contribution is -0.143. The van der Waals surface area contributed by atoms with Crippen LogP contribution in [0, 0.1) is 0 Å². The van der Waals surface area contributed by atoms with Crippen molar-refractivity contribution in [3.63, 3.8) is 0 Å². The van der Waals surface area contributed by atoms with Gasteiger partial charge < -0.3 is 24.1 Å². The molecule has 2 heterocycles. The molecule has 2 saturated heterocycles. The topological polar surface area (TPSA) is 80.7 Å². The number of aliphatic carboxylic acids is 1. The van der Waals surface area contributed by atoms with Crippen molar-refractivity contribution in [1.29, 1.82) is 0 Å². The van der Waals surface area contributed by atoms with E-state index in [9.17, 15) is 9.90 Å². The van der Waals surface area contributed by atoms with Crippen molar-refractivity contribution in [2.45, 2.75) is 37.8 Å². The van der Waals surface area contributed by atoms with Crippen LogP contribution < -0.4 is 14.2 Å². The molecule has 0 radical (unpaired) electrons. The summed E-state index contributed by atoms with van der Waals surface area (Å²) >= 11 is 0. The van der Waals surface area contributed by atoms with Crippen LogP contribution >= 0.6 is 0 Å². The fourth-order valence-electron chi connectivity index (χ4n) is 5.22. The number of likely N-dealkylation sites (tertiary alicyclic amines) is 1. The van der Waals surface area contributed by atoms with Gasteiger partial charge in [-0.05, 0) is 67.6 Å². The van der Waals surface area contributed by atoms with Crippen LogP contribution in [-0.2, 0) is 16.0 Å². The van der Waals surface area contributed by atoms with Gasteiger partial charge in [-0.2, -0.15) is 0 Å². The van der Waals surface area contributed by atoms with Crippen molar-refractivity contribution >= 4 is 5.97 Å². The third kappa shape index (κ3) is 6.69. The molecule has 0 aliphatic carbocycles. The second-order valence-corrected chi connectivity index (χ2v) is 9.35. The normalized spacial score (nSPS) is 19.7. The molecule has 2 atom stereocenters. The molecule has 0 saturated carbocycles. The number of hydrogen-bond donors (Lipinski definition) is 1. The number of hydrogen-bond acceptors (Lipinski definition) is 7. The number of nitrogens with zero attached hydrogens (tertiary/aromatic N) is 2. The molecular weight excluding hydrogens is 460 g/mol. The zero-order valence-electron chi connectivity index (χ0n) is 21.4. The Labute approximate surface area is 213 Å². The number of rotatable bonds is 12. The molecule has 0 amide bonds. The van der Waals surface area contributed by atoms with Crippen LogP contribution in [0.25, 0.3) is 0 Å². The third-order valence-corrected chi connectivity index (χ3v) is 7.16. The first kappa shape index (κ1) is 26.3. The number of methoxy groups -OCH3 is 2. The van der Waals surface area contributed by atoms with E-state index >= 15 is 0 Å². The van der Waals surface area contributed by atoms with Crippen molar-refractivity contribution < 1.29 is 28.8 Å². The van der Waals surface area contributed by atoms with Gasteiger partial charge in [0, 0.05) is 25.7 Å². The Morgan fingerprint density at radius 2 is 1.89 bits per heavy atom. The SMILES string of the molecule is COc1ccc(CCC(c2cccc(OCCN3CCOCC3)c2)N2CCCC2C(=O)O)cc1OC. The van der Waals surface area contributed by atoms with E-state index < -0.39 is 12.0 Å². The summed E-state index contributed by atoms with van der Waals surface area (Å²) in [5, 5.41) is 9.87. The van der Waals surface area contributed by atoms with Crippen molar-refractivity contribution in [2.75, 3.05) is 60.2 Å². The molecule has 36 heavy (non-hydrogen) atoms. The van der Waals surface area contributed by atoms with Gasteiger partial charge >= 0.3 is 5.97 Å². The van der Waals surface area contributed by atoms with Crippen LogP contribution in [-0.4, -0.2) is 87.1 Å². The van der Waals surface area contributed by atoms with Crippen LogP contribution in [0.4, 0.5) is 0 Å². The first-order valence-electron chi connectivity index (χ1n) is 12.8. The minimum atomic E-state index is -0.749. The zero-order valence-corrected chi connectivity index (χ0v) is 21.4.